The van der Waals surface area contributed by atoms with E-state index < -0.39 is 11.8 Å². The van der Waals surface area contributed by atoms with Crippen LogP contribution in [0, 0.1) is 0 Å². The van der Waals surface area contributed by atoms with Gasteiger partial charge in [-0.15, -0.1) is 0 Å². The number of H-pyrrole nitrogens is 1. The van der Waals surface area contributed by atoms with Gasteiger partial charge >= 0.3 is 57.4 Å². The smallest absolute Gasteiger partial charge is 1.00 e. The fourth-order valence-electron chi connectivity index (χ4n) is 1.32. The molecule has 5 nitrogen and oxygen atoms in total. The number of rotatable bonds is 2. The third-order valence-corrected chi connectivity index (χ3v) is 2.28. The second-order valence-electron chi connectivity index (χ2n) is 2.86. The number of nitrogens with one attached hydrogen (secondary N) is 1. The number of pyridine rings is 1. The van der Waals surface area contributed by atoms with Crippen LogP contribution in [-0.4, -0.2) is 26.8 Å². The minimum Gasteiger partial charge on any atom is -1.00 e. The number of carbonyl (C=O) groups excluding carboxylic acids is 1. The van der Waals surface area contributed by atoms with Gasteiger partial charge in [0.1, 0.15) is 0 Å². The Hall–Kier alpha value is -0.244. The molecule has 0 amide bonds. The van der Waals surface area contributed by atoms with Crippen molar-refractivity contribution in [1.29, 1.82) is 0 Å². The van der Waals surface area contributed by atoms with E-state index in [1.807, 2.05) is 0 Å². The second-order valence-corrected chi connectivity index (χ2v) is 3.22. The van der Waals surface area contributed by atoms with Crippen LogP contribution in [0.15, 0.2) is 18.5 Å². The molecule has 2 aromatic rings. The number of Topliss-reactive ketones (excluding diaryl/α,β-unsaturated/α-hetero) is 1. The van der Waals surface area contributed by atoms with E-state index in [4.69, 9.17) is 16.7 Å². The Morgan fingerprint density at radius 3 is 2.81 bits per heavy atom. The molecule has 2 heterocycles. The molecule has 0 bridgehead atoms. The molecule has 2 N–H and O–H groups in total. The maximum absolute atomic E-state index is 11.2. The second kappa shape index (κ2) is 5.39. The van der Waals surface area contributed by atoms with Gasteiger partial charge in [0, 0.05) is 17.8 Å². The van der Waals surface area contributed by atoms with Crippen molar-refractivity contribution >= 4 is 34.3 Å². The quantitative estimate of drug-likeness (QED) is 0.303. The molecular formula is C9H6ClKN2O3. The number of aromatic amines is 1. The number of carboxylic acid groups (broad SMARTS) is 1. The van der Waals surface area contributed by atoms with E-state index in [0.29, 0.717) is 10.9 Å². The number of hydrogen-bond acceptors (Lipinski definition) is 3. The van der Waals surface area contributed by atoms with Gasteiger partial charge in [0.2, 0.25) is 0 Å². The van der Waals surface area contributed by atoms with E-state index in [1.54, 1.807) is 0 Å². The Labute approximate surface area is 139 Å². The molecule has 0 radical (unpaired) electrons. The monoisotopic (exact) mass is 264 g/mol. The zero-order valence-corrected chi connectivity index (χ0v) is 12.2. The first-order valence-electron chi connectivity index (χ1n) is 4.00. The number of nitrogens with zero attached hydrogens (tertiary/aromatic N) is 1. The Morgan fingerprint density at radius 1 is 1.50 bits per heavy atom. The normalized spacial score (nSPS) is 9.81. The maximum Gasteiger partial charge on any atom is 1.00 e. The van der Waals surface area contributed by atoms with Crippen LogP contribution in [0.2, 0.25) is 5.15 Å². The largest absolute Gasteiger partial charge is 1.00 e. The average molecular weight is 265 g/mol. The predicted molar refractivity (Wildman–Crippen MR) is 54.2 cm³/mol. The third-order valence-electron chi connectivity index (χ3n) is 1.99. The zero-order chi connectivity index (χ0) is 11.0. The fourth-order valence-corrected chi connectivity index (χ4v) is 1.54. The number of halogens is 1. The first-order valence-corrected chi connectivity index (χ1v) is 4.38. The Bertz CT molecular complexity index is 572. The van der Waals surface area contributed by atoms with E-state index >= 15 is 0 Å². The van der Waals surface area contributed by atoms with Crippen molar-refractivity contribution in [2.75, 3.05) is 0 Å². The number of fused-ring (bicyclic) bond motifs is 1. The molecule has 0 saturated carbocycles. The summed E-state index contributed by atoms with van der Waals surface area (Å²) < 4.78 is 0. The van der Waals surface area contributed by atoms with Gasteiger partial charge in [-0.3, -0.25) is 4.79 Å². The van der Waals surface area contributed by atoms with Crippen molar-refractivity contribution in [3.05, 3.63) is 29.2 Å². The summed E-state index contributed by atoms with van der Waals surface area (Å²) in [4.78, 5) is 28.3. The SMILES string of the molecule is O=C(O)C(=O)c1c[nH]c2c(Cl)nccc12.[H-].[K+]. The Kier molecular flexibility index (Phi) is 4.66. The van der Waals surface area contributed by atoms with E-state index in [0.717, 1.165) is 0 Å². The van der Waals surface area contributed by atoms with Crippen molar-refractivity contribution in [2.45, 2.75) is 0 Å². The number of carboxylic acids is 1. The van der Waals surface area contributed by atoms with Gasteiger partial charge in [0.05, 0.1) is 11.1 Å². The molecule has 0 aliphatic rings. The zero-order valence-electron chi connectivity index (χ0n) is 9.32. The van der Waals surface area contributed by atoms with Crippen LogP contribution in [0.5, 0.6) is 0 Å². The van der Waals surface area contributed by atoms with Gasteiger partial charge in [-0.25, -0.2) is 9.78 Å². The summed E-state index contributed by atoms with van der Waals surface area (Å²) in [5, 5.41) is 9.24. The molecule has 0 atom stereocenters. The Balaban J connectivity index is 0.00000128. The molecule has 7 heteroatoms. The summed E-state index contributed by atoms with van der Waals surface area (Å²) in [5.41, 5.74) is 0.547. The maximum atomic E-state index is 11.2. The Morgan fingerprint density at radius 2 is 2.19 bits per heavy atom. The van der Waals surface area contributed by atoms with Gasteiger partial charge in [-0.1, -0.05) is 11.6 Å². The molecule has 0 fully saturated rings. The number of aliphatic carboxylic acids is 1. The van der Waals surface area contributed by atoms with Crippen LogP contribution in [0.1, 0.15) is 11.8 Å². The summed E-state index contributed by atoms with van der Waals surface area (Å²) in [6, 6.07) is 1.54. The summed E-state index contributed by atoms with van der Waals surface area (Å²) in [6.45, 7) is 0. The molecule has 0 saturated heterocycles. The van der Waals surface area contributed by atoms with Crippen LogP contribution < -0.4 is 51.4 Å². The molecule has 78 valence electrons. The molecule has 2 rings (SSSR count). The minimum atomic E-state index is -1.50. The molecule has 0 aliphatic carbocycles. The van der Waals surface area contributed by atoms with Gasteiger partial charge in [-0.05, 0) is 6.07 Å². The number of carbonyl (C=O) groups is 2. The average Bonchev–Trinajstić information content (AvgIpc) is 2.61. The predicted octanol–water partition coefficient (Wildman–Crippen LogP) is -1.40. The molecule has 2 aromatic heterocycles. The molecule has 16 heavy (non-hydrogen) atoms. The third kappa shape index (κ3) is 2.37. The van der Waals surface area contributed by atoms with Crippen LogP contribution in [0.3, 0.4) is 0 Å². The number of ketones is 1. The number of aromatic nitrogens is 2. The summed E-state index contributed by atoms with van der Waals surface area (Å²) in [7, 11) is 0. The van der Waals surface area contributed by atoms with Gasteiger partial charge < -0.3 is 11.5 Å². The van der Waals surface area contributed by atoms with Crippen molar-refractivity contribution in [1.82, 2.24) is 9.97 Å². The van der Waals surface area contributed by atoms with Gasteiger partial charge in [0.25, 0.3) is 5.78 Å². The molecule has 0 unspecified atom stereocenters. The molecule has 0 aliphatic heterocycles. The topological polar surface area (TPSA) is 83.0 Å². The van der Waals surface area contributed by atoms with Crippen molar-refractivity contribution < 1.29 is 67.5 Å². The molecule has 0 aromatic carbocycles. The van der Waals surface area contributed by atoms with Crippen LogP contribution in [0.25, 0.3) is 10.9 Å². The standard InChI is InChI=1S/C9H5ClN2O3.K.H/c10-8-6-4(1-2-11-8)5(3-12-6)7(13)9(14)15;;/h1-3,12H,(H,14,15);;/q;+1;-1. The molecule has 0 spiro atoms. The van der Waals surface area contributed by atoms with E-state index in [1.165, 1.54) is 18.5 Å². The van der Waals surface area contributed by atoms with E-state index in [-0.39, 0.29) is 63.5 Å². The van der Waals surface area contributed by atoms with Crippen LogP contribution in [0.4, 0.5) is 0 Å². The van der Waals surface area contributed by atoms with Crippen molar-refractivity contribution in [2.24, 2.45) is 0 Å². The van der Waals surface area contributed by atoms with Crippen LogP contribution in [-0.2, 0) is 4.79 Å². The first-order chi connectivity index (χ1) is 7.11. The van der Waals surface area contributed by atoms with Gasteiger partial charge in [-0.2, -0.15) is 0 Å². The van der Waals surface area contributed by atoms with E-state index in [2.05, 4.69) is 9.97 Å². The van der Waals surface area contributed by atoms with Crippen molar-refractivity contribution in [3.8, 4) is 0 Å². The minimum absolute atomic E-state index is 0. The molecular weight excluding hydrogens is 259 g/mol. The fraction of sp³-hybridized carbons (Fsp3) is 0. The summed E-state index contributed by atoms with van der Waals surface area (Å²) >= 11 is 5.75. The first kappa shape index (κ1) is 13.8. The van der Waals surface area contributed by atoms with Crippen LogP contribution >= 0.6 is 11.6 Å². The summed E-state index contributed by atoms with van der Waals surface area (Å²) in [5.74, 6) is -2.47. The summed E-state index contributed by atoms with van der Waals surface area (Å²) in [6.07, 6.45) is 2.73. The number of hydrogen-bond donors (Lipinski definition) is 2. The van der Waals surface area contributed by atoms with E-state index in [9.17, 15) is 9.59 Å². The van der Waals surface area contributed by atoms with Gasteiger partial charge in [0.15, 0.2) is 5.15 Å². The van der Waals surface area contributed by atoms with Crippen molar-refractivity contribution in [3.63, 3.8) is 0 Å².